The molecule has 0 aliphatic carbocycles. The first kappa shape index (κ1) is 13.2. The molecule has 6 heteroatoms. The minimum atomic E-state index is 0.702. The van der Waals surface area contributed by atoms with E-state index in [2.05, 4.69) is 44.4 Å². The number of unbranched alkanes of at least 4 members (excludes halogenated alkanes) is 1. The van der Waals surface area contributed by atoms with E-state index < -0.39 is 0 Å². The van der Waals surface area contributed by atoms with Gasteiger partial charge in [-0.15, -0.1) is 5.10 Å². The van der Waals surface area contributed by atoms with Crippen molar-refractivity contribution in [3.05, 3.63) is 28.2 Å². The highest BCUT2D eigenvalue weighted by molar-refractivity contribution is 9.10. The zero-order valence-electron chi connectivity index (χ0n) is 10.3. The Morgan fingerprint density at radius 2 is 2.17 bits per heavy atom. The third-order valence-corrected chi connectivity index (χ3v) is 3.64. The molecule has 0 radical (unpaired) electrons. The molecule has 0 aliphatic heterocycles. The molecule has 0 unspecified atom stereocenters. The second kappa shape index (κ2) is 6.06. The van der Waals surface area contributed by atoms with Crippen LogP contribution < -0.4 is 5.73 Å². The first-order valence-electron chi connectivity index (χ1n) is 5.95. The van der Waals surface area contributed by atoms with Crippen molar-refractivity contribution in [3.8, 4) is 11.4 Å². The predicted molar refractivity (Wildman–Crippen MR) is 74.0 cm³/mol. The van der Waals surface area contributed by atoms with Crippen LogP contribution in [-0.4, -0.2) is 26.8 Å². The van der Waals surface area contributed by atoms with E-state index in [0.717, 1.165) is 35.2 Å². The lowest BCUT2D eigenvalue weighted by molar-refractivity contribution is 0.548. The van der Waals surface area contributed by atoms with Crippen molar-refractivity contribution in [2.75, 3.05) is 6.54 Å². The van der Waals surface area contributed by atoms with Gasteiger partial charge in [0.15, 0.2) is 5.82 Å². The van der Waals surface area contributed by atoms with E-state index in [1.165, 1.54) is 5.56 Å². The van der Waals surface area contributed by atoms with Crippen LogP contribution in [0.4, 0.5) is 0 Å². The number of halogens is 1. The zero-order valence-corrected chi connectivity index (χ0v) is 11.9. The topological polar surface area (TPSA) is 69.6 Å². The summed E-state index contributed by atoms with van der Waals surface area (Å²) in [5.41, 5.74) is 7.70. The molecule has 1 aromatic carbocycles. The average molecular weight is 310 g/mol. The second-order valence-electron chi connectivity index (χ2n) is 4.19. The number of nitrogens with two attached hydrogens (primary N) is 1. The first-order chi connectivity index (χ1) is 8.72. The first-order valence-corrected chi connectivity index (χ1v) is 6.74. The van der Waals surface area contributed by atoms with Crippen LogP contribution in [0.25, 0.3) is 11.4 Å². The minimum Gasteiger partial charge on any atom is -0.330 e. The number of benzene rings is 1. The quantitative estimate of drug-likeness (QED) is 0.859. The summed E-state index contributed by atoms with van der Waals surface area (Å²) in [6.07, 6.45) is 1.97. The Hall–Kier alpha value is -1.27. The summed E-state index contributed by atoms with van der Waals surface area (Å²) in [4.78, 5) is 0. The highest BCUT2D eigenvalue weighted by atomic mass is 79.9. The molecule has 1 aromatic heterocycles. The molecule has 1 heterocycles. The summed E-state index contributed by atoms with van der Waals surface area (Å²) < 4.78 is 2.89. The van der Waals surface area contributed by atoms with Gasteiger partial charge in [0.2, 0.25) is 0 Å². The van der Waals surface area contributed by atoms with Crippen molar-refractivity contribution < 1.29 is 0 Å². The second-order valence-corrected chi connectivity index (χ2v) is 5.04. The molecule has 0 saturated carbocycles. The van der Waals surface area contributed by atoms with Crippen molar-refractivity contribution in [1.29, 1.82) is 0 Å². The third-order valence-electron chi connectivity index (χ3n) is 2.79. The van der Waals surface area contributed by atoms with E-state index in [4.69, 9.17) is 5.73 Å². The molecule has 96 valence electrons. The lowest BCUT2D eigenvalue weighted by atomic mass is 10.1. The predicted octanol–water partition coefficient (Wildman–Crippen LogP) is 2.15. The van der Waals surface area contributed by atoms with Gasteiger partial charge in [0.25, 0.3) is 0 Å². The van der Waals surface area contributed by atoms with Crippen molar-refractivity contribution in [3.63, 3.8) is 0 Å². The maximum atomic E-state index is 5.49. The molecule has 18 heavy (non-hydrogen) atoms. The lowest BCUT2D eigenvalue weighted by Gasteiger charge is -2.05. The van der Waals surface area contributed by atoms with Gasteiger partial charge in [0.1, 0.15) is 0 Å². The van der Waals surface area contributed by atoms with E-state index in [1.54, 1.807) is 0 Å². The molecule has 2 N–H and O–H groups in total. The van der Waals surface area contributed by atoms with Crippen LogP contribution in [0.15, 0.2) is 22.7 Å². The number of aryl methyl sites for hydroxylation is 2. The Kier molecular flexibility index (Phi) is 4.43. The summed E-state index contributed by atoms with van der Waals surface area (Å²) in [6, 6.07) is 6.13. The van der Waals surface area contributed by atoms with Gasteiger partial charge >= 0.3 is 0 Å². The van der Waals surface area contributed by atoms with Gasteiger partial charge in [-0.25, -0.2) is 4.68 Å². The average Bonchev–Trinajstić information content (AvgIpc) is 2.81. The van der Waals surface area contributed by atoms with E-state index in [0.29, 0.717) is 6.54 Å². The number of aromatic nitrogens is 4. The molecule has 0 amide bonds. The molecule has 2 aromatic rings. The van der Waals surface area contributed by atoms with Gasteiger partial charge < -0.3 is 5.73 Å². The number of nitrogens with zero attached hydrogens (tertiary/aromatic N) is 4. The lowest BCUT2D eigenvalue weighted by Crippen LogP contribution is -2.06. The molecule has 0 bridgehead atoms. The van der Waals surface area contributed by atoms with E-state index in [9.17, 15) is 0 Å². The summed E-state index contributed by atoms with van der Waals surface area (Å²) in [6.45, 7) is 3.55. The molecule has 0 spiro atoms. The fourth-order valence-electron chi connectivity index (χ4n) is 1.70. The molecule has 0 fully saturated rings. The van der Waals surface area contributed by atoms with E-state index >= 15 is 0 Å². The van der Waals surface area contributed by atoms with Crippen LogP contribution >= 0.6 is 15.9 Å². The molecule has 2 rings (SSSR count). The van der Waals surface area contributed by atoms with Crippen molar-refractivity contribution >= 4 is 15.9 Å². The minimum absolute atomic E-state index is 0.702. The fourth-order valence-corrected chi connectivity index (χ4v) is 2.08. The van der Waals surface area contributed by atoms with Gasteiger partial charge in [-0.05, 0) is 48.4 Å². The Morgan fingerprint density at radius 1 is 1.33 bits per heavy atom. The molecule has 0 atom stereocenters. The summed E-state index contributed by atoms with van der Waals surface area (Å²) in [5, 5.41) is 11.8. The molecular weight excluding hydrogens is 294 g/mol. The molecule has 0 aliphatic rings. The van der Waals surface area contributed by atoms with Crippen LogP contribution in [0.1, 0.15) is 18.4 Å². The Labute approximate surface area is 115 Å². The van der Waals surface area contributed by atoms with E-state index in [1.807, 2.05) is 16.8 Å². The van der Waals surface area contributed by atoms with Gasteiger partial charge in [0.05, 0.1) is 0 Å². The third kappa shape index (κ3) is 2.94. The molecular formula is C12H16BrN5. The van der Waals surface area contributed by atoms with Crippen LogP contribution in [-0.2, 0) is 6.54 Å². The normalized spacial score (nSPS) is 10.8. The van der Waals surface area contributed by atoms with Gasteiger partial charge in [0, 0.05) is 16.6 Å². The maximum Gasteiger partial charge on any atom is 0.182 e. The van der Waals surface area contributed by atoms with Crippen molar-refractivity contribution in [2.45, 2.75) is 26.3 Å². The summed E-state index contributed by atoms with van der Waals surface area (Å²) >= 11 is 3.53. The van der Waals surface area contributed by atoms with Gasteiger partial charge in [-0.1, -0.05) is 28.1 Å². The van der Waals surface area contributed by atoms with Crippen molar-refractivity contribution in [1.82, 2.24) is 20.2 Å². The van der Waals surface area contributed by atoms with E-state index in [-0.39, 0.29) is 0 Å². The van der Waals surface area contributed by atoms with Gasteiger partial charge in [-0.3, -0.25) is 0 Å². The van der Waals surface area contributed by atoms with Crippen LogP contribution in [0, 0.1) is 6.92 Å². The SMILES string of the molecule is Cc1ccc(-c2nnnn2CCCCN)cc1Br. The Balaban J connectivity index is 2.22. The summed E-state index contributed by atoms with van der Waals surface area (Å²) in [7, 11) is 0. The van der Waals surface area contributed by atoms with Crippen LogP contribution in [0.2, 0.25) is 0 Å². The number of tetrazole rings is 1. The monoisotopic (exact) mass is 309 g/mol. The zero-order chi connectivity index (χ0) is 13.0. The highest BCUT2D eigenvalue weighted by Crippen LogP contribution is 2.23. The highest BCUT2D eigenvalue weighted by Gasteiger charge is 2.09. The standard InChI is InChI=1S/C12H16BrN5/c1-9-4-5-10(8-11(9)13)12-15-16-17-18(12)7-3-2-6-14/h4-5,8H,2-3,6-7,14H2,1H3. The van der Waals surface area contributed by atoms with Crippen molar-refractivity contribution in [2.24, 2.45) is 5.73 Å². The fraction of sp³-hybridized carbons (Fsp3) is 0.417. The number of hydrogen-bond acceptors (Lipinski definition) is 4. The maximum absolute atomic E-state index is 5.49. The van der Waals surface area contributed by atoms with Crippen LogP contribution in [0.5, 0.6) is 0 Å². The Morgan fingerprint density at radius 3 is 2.89 bits per heavy atom. The van der Waals surface area contributed by atoms with Crippen LogP contribution in [0.3, 0.4) is 0 Å². The molecule has 5 nitrogen and oxygen atoms in total. The molecule has 0 saturated heterocycles. The largest absolute Gasteiger partial charge is 0.330 e. The number of hydrogen-bond donors (Lipinski definition) is 1. The van der Waals surface area contributed by atoms with Gasteiger partial charge in [-0.2, -0.15) is 0 Å². The summed E-state index contributed by atoms with van der Waals surface area (Å²) in [5.74, 6) is 0.799. The Bertz CT molecular complexity index is 523. The number of rotatable bonds is 5. The smallest absolute Gasteiger partial charge is 0.182 e.